The third kappa shape index (κ3) is 3.12. The molecule has 1 fully saturated rings. The van der Waals surface area contributed by atoms with Crippen LogP contribution in [0.15, 0.2) is 53.4 Å². The van der Waals surface area contributed by atoms with E-state index < -0.39 is 10.0 Å². The fourth-order valence-corrected chi connectivity index (χ4v) is 5.45. The Hall–Kier alpha value is -1.69. The molecule has 0 bridgehead atoms. The van der Waals surface area contributed by atoms with E-state index >= 15 is 0 Å². The maximum Gasteiger partial charge on any atom is 0.243 e. The van der Waals surface area contributed by atoms with Crippen molar-refractivity contribution >= 4 is 10.0 Å². The van der Waals surface area contributed by atoms with Crippen molar-refractivity contribution in [2.24, 2.45) is 0 Å². The number of hydrogen-bond acceptors (Lipinski definition) is 3. The number of nitrogens with zero attached hydrogens (tertiary/aromatic N) is 2. The van der Waals surface area contributed by atoms with Crippen LogP contribution in [0.2, 0.25) is 0 Å². The molecule has 0 spiro atoms. The fourth-order valence-electron chi connectivity index (χ4n) is 3.96. The number of hydrogen-bond donors (Lipinski definition) is 0. The van der Waals surface area contributed by atoms with Gasteiger partial charge in [-0.15, -0.1) is 0 Å². The molecule has 0 amide bonds. The summed E-state index contributed by atoms with van der Waals surface area (Å²) in [5.74, 6) is 0. The van der Waals surface area contributed by atoms with Crippen molar-refractivity contribution in [3.63, 3.8) is 0 Å². The Bertz CT molecular complexity index is 865. The lowest BCUT2D eigenvalue weighted by molar-refractivity contribution is 0.148. The minimum absolute atomic E-state index is 0.0964. The van der Waals surface area contributed by atoms with E-state index in [-0.39, 0.29) is 6.04 Å². The molecular weight excluding hydrogens is 332 g/mol. The predicted molar refractivity (Wildman–Crippen MR) is 99.0 cm³/mol. The number of rotatable bonds is 3. The van der Waals surface area contributed by atoms with Crippen molar-refractivity contribution in [1.82, 2.24) is 9.21 Å². The minimum atomic E-state index is -3.44. The molecule has 1 unspecified atom stereocenters. The molecule has 0 N–H and O–H groups in total. The molecule has 1 saturated heterocycles. The number of aryl methyl sites for hydroxylation is 2. The molecule has 2 aliphatic rings. The number of benzene rings is 2. The van der Waals surface area contributed by atoms with E-state index in [4.69, 9.17) is 0 Å². The second-order valence-electron chi connectivity index (χ2n) is 7.05. The minimum Gasteiger partial charge on any atom is -0.297 e. The Morgan fingerprint density at radius 3 is 2.52 bits per heavy atom. The summed E-state index contributed by atoms with van der Waals surface area (Å²) < 4.78 is 28.0. The largest absolute Gasteiger partial charge is 0.297 e. The first-order chi connectivity index (χ1) is 12.1. The molecule has 132 valence electrons. The van der Waals surface area contributed by atoms with Crippen LogP contribution in [-0.4, -0.2) is 44.3 Å². The molecule has 0 radical (unpaired) electrons. The Labute approximate surface area is 150 Å². The van der Waals surface area contributed by atoms with Crippen LogP contribution in [0.3, 0.4) is 0 Å². The third-order valence-corrected chi connectivity index (χ3v) is 7.36. The standard InChI is InChI=1S/C20H24N2O2S/c1-21-12-13-22(15-20(21)17-6-3-2-4-7-17)25(23,24)19-11-10-16-8-5-9-18(16)14-19/h2-4,6-7,10-11,14,20H,5,8-9,12-13,15H2,1H3. The van der Waals surface area contributed by atoms with Gasteiger partial charge < -0.3 is 0 Å². The number of fused-ring (bicyclic) bond motifs is 1. The zero-order chi connectivity index (χ0) is 17.4. The van der Waals surface area contributed by atoms with Gasteiger partial charge in [0, 0.05) is 25.7 Å². The van der Waals surface area contributed by atoms with Crippen LogP contribution in [0, 0.1) is 0 Å². The zero-order valence-electron chi connectivity index (χ0n) is 14.6. The molecule has 5 heteroatoms. The van der Waals surface area contributed by atoms with Crippen molar-refractivity contribution in [3.8, 4) is 0 Å². The van der Waals surface area contributed by atoms with Gasteiger partial charge in [0.05, 0.1) is 4.90 Å². The van der Waals surface area contributed by atoms with Crippen LogP contribution >= 0.6 is 0 Å². The Balaban J connectivity index is 1.62. The number of likely N-dealkylation sites (N-methyl/N-ethyl adjacent to an activating group) is 1. The monoisotopic (exact) mass is 356 g/mol. The van der Waals surface area contributed by atoms with Gasteiger partial charge in [-0.2, -0.15) is 4.31 Å². The molecule has 1 aliphatic heterocycles. The van der Waals surface area contributed by atoms with Crippen LogP contribution in [0.1, 0.15) is 29.2 Å². The first-order valence-corrected chi connectivity index (χ1v) is 10.4. The Morgan fingerprint density at radius 2 is 1.72 bits per heavy atom. The lowest BCUT2D eigenvalue weighted by atomic mass is 10.0. The molecular formula is C20H24N2O2S. The summed E-state index contributed by atoms with van der Waals surface area (Å²) in [5.41, 5.74) is 3.67. The van der Waals surface area contributed by atoms with E-state index in [9.17, 15) is 8.42 Å². The first kappa shape index (κ1) is 16.8. The average molecular weight is 356 g/mol. The highest BCUT2D eigenvalue weighted by molar-refractivity contribution is 7.89. The molecule has 1 heterocycles. The van der Waals surface area contributed by atoms with Gasteiger partial charge in [-0.05, 0) is 55.1 Å². The lowest BCUT2D eigenvalue weighted by Gasteiger charge is -2.39. The summed E-state index contributed by atoms with van der Waals surface area (Å²) in [5, 5.41) is 0. The fraction of sp³-hybridized carbons (Fsp3) is 0.400. The highest BCUT2D eigenvalue weighted by Crippen LogP contribution is 2.30. The van der Waals surface area contributed by atoms with Gasteiger partial charge in [0.15, 0.2) is 0 Å². The van der Waals surface area contributed by atoms with Gasteiger partial charge in [-0.1, -0.05) is 36.4 Å². The maximum atomic E-state index is 13.2. The number of sulfonamides is 1. The maximum absolute atomic E-state index is 13.2. The van der Waals surface area contributed by atoms with Crippen molar-refractivity contribution < 1.29 is 8.42 Å². The highest BCUT2D eigenvalue weighted by Gasteiger charge is 2.33. The predicted octanol–water partition coefficient (Wildman–Crippen LogP) is 2.85. The van der Waals surface area contributed by atoms with E-state index in [1.807, 2.05) is 30.3 Å². The average Bonchev–Trinajstić information content (AvgIpc) is 3.10. The Kier molecular flexibility index (Phi) is 4.40. The quantitative estimate of drug-likeness (QED) is 0.849. The summed E-state index contributed by atoms with van der Waals surface area (Å²) >= 11 is 0. The van der Waals surface area contributed by atoms with E-state index in [0.29, 0.717) is 18.0 Å². The Morgan fingerprint density at radius 1 is 0.960 bits per heavy atom. The van der Waals surface area contributed by atoms with Crippen molar-refractivity contribution in [3.05, 3.63) is 65.2 Å². The molecule has 0 saturated carbocycles. The smallest absolute Gasteiger partial charge is 0.243 e. The molecule has 0 aromatic heterocycles. The zero-order valence-corrected chi connectivity index (χ0v) is 15.4. The van der Waals surface area contributed by atoms with Gasteiger partial charge >= 0.3 is 0 Å². The van der Waals surface area contributed by atoms with E-state index in [1.54, 1.807) is 10.4 Å². The second kappa shape index (κ2) is 6.56. The normalized spacial score (nSPS) is 22.0. The number of piperazine rings is 1. The molecule has 25 heavy (non-hydrogen) atoms. The molecule has 2 aromatic carbocycles. The van der Waals surface area contributed by atoms with Crippen molar-refractivity contribution in [2.45, 2.75) is 30.2 Å². The lowest BCUT2D eigenvalue weighted by Crippen LogP contribution is -2.48. The molecule has 1 aliphatic carbocycles. The molecule has 1 atom stereocenters. The van der Waals surface area contributed by atoms with Crippen LogP contribution in [0.25, 0.3) is 0 Å². The second-order valence-corrected chi connectivity index (χ2v) is 8.99. The summed E-state index contributed by atoms with van der Waals surface area (Å²) in [4.78, 5) is 2.69. The van der Waals surface area contributed by atoms with Gasteiger partial charge in [0.1, 0.15) is 0 Å². The van der Waals surface area contributed by atoms with Crippen LogP contribution in [0.4, 0.5) is 0 Å². The van der Waals surface area contributed by atoms with Crippen LogP contribution in [-0.2, 0) is 22.9 Å². The van der Waals surface area contributed by atoms with E-state index in [0.717, 1.165) is 25.8 Å². The topological polar surface area (TPSA) is 40.6 Å². The van der Waals surface area contributed by atoms with Gasteiger partial charge in [-0.25, -0.2) is 8.42 Å². The molecule has 4 rings (SSSR count). The van der Waals surface area contributed by atoms with Crippen molar-refractivity contribution in [2.75, 3.05) is 26.7 Å². The van der Waals surface area contributed by atoms with Crippen LogP contribution < -0.4 is 0 Å². The third-order valence-electron chi connectivity index (χ3n) is 5.50. The molecule has 4 nitrogen and oxygen atoms in total. The van der Waals surface area contributed by atoms with Gasteiger partial charge in [-0.3, -0.25) is 4.90 Å². The summed E-state index contributed by atoms with van der Waals surface area (Å²) in [6.45, 7) is 1.78. The van der Waals surface area contributed by atoms with Crippen LogP contribution in [0.5, 0.6) is 0 Å². The SMILES string of the molecule is CN1CCN(S(=O)(=O)c2ccc3c(c2)CCC3)CC1c1ccccc1. The van der Waals surface area contributed by atoms with Gasteiger partial charge in [0.2, 0.25) is 10.0 Å². The van der Waals surface area contributed by atoms with Gasteiger partial charge in [0.25, 0.3) is 0 Å². The van der Waals surface area contributed by atoms with Crippen molar-refractivity contribution in [1.29, 1.82) is 0 Å². The molecule has 2 aromatic rings. The highest BCUT2D eigenvalue weighted by atomic mass is 32.2. The first-order valence-electron chi connectivity index (χ1n) is 8.93. The summed E-state index contributed by atoms with van der Waals surface area (Å²) in [6, 6.07) is 15.9. The summed E-state index contributed by atoms with van der Waals surface area (Å²) in [7, 11) is -1.37. The summed E-state index contributed by atoms with van der Waals surface area (Å²) in [6.07, 6.45) is 3.19. The van der Waals surface area contributed by atoms with E-state index in [1.165, 1.54) is 16.7 Å². The van der Waals surface area contributed by atoms with E-state index in [2.05, 4.69) is 24.1 Å².